The summed E-state index contributed by atoms with van der Waals surface area (Å²) < 4.78 is 11.1. The largest absolute Gasteiger partial charge is 0.379 e. The molecule has 5 rings (SSSR count). The summed E-state index contributed by atoms with van der Waals surface area (Å²) >= 11 is 0. The van der Waals surface area contributed by atoms with Crippen molar-refractivity contribution >= 4 is 11.6 Å². The van der Waals surface area contributed by atoms with Crippen molar-refractivity contribution in [3.8, 4) is 11.4 Å². The van der Waals surface area contributed by atoms with E-state index in [4.69, 9.17) is 24.4 Å². The van der Waals surface area contributed by atoms with E-state index in [1.807, 2.05) is 6.20 Å². The number of nitrogens with zero attached hydrogens (tertiary/aromatic N) is 6. The van der Waals surface area contributed by atoms with Crippen molar-refractivity contribution in [2.75, 3.05) is 89.4 Å². The standard InChI is InChI=1S/C23H33N7O2/c1-28-7-9-30(10-8-28)21-3-2-18(16-25-21)22-26-20-4-13-32-17-19(20)23(27-22)24-5-6-29-11-14-31-15-12-29/h2-3,16H,4-15,17H2,1H3,(H,24,26,27). The van der Waals surface area contributed by atoms with Gasteiger partial charge in [-0.2, -0.15) is 0 Å². The molecule has 0 spiro atoms. The maximum absolute atomic E-state index is 5.70. The van der Waals surface area contributed by atoms with Gasteiger partial charge in [-0.15, -0.1) is 0 Å². The molecule has 0 bridgehead atoms. The minimum Gasteiger partial charge on any atom is -0.379 e. The Morgan fingerprint density at radius 1 is 0.969 bits per heavy atom. The van der Waals surface area contributed by atoms with Gasteiger partial charge in [0, 0.05) is 76.1 Å². The number of hydrogen-bond donors (Lipinski definition) is 1. The van der Waals surface area contributed by atoms with Crippen molar-refractivity contribution in [2.24, 2.45) is 0 Å². The Hall–Kier alpha value is -2.33. The zero-order valence-corrected chi connectivity index (χ0v) is 18.9. The van der Waals surface area contributed by atoms with Gasteiger partial charge in [-0.1, -0.05) is 0 Å². The van der Waals surface area contributed by atoms with Crippen molar-refractivity contribution in [3.05, 3.63) is 29.6 Å². The third kappa shape index (κ3) is 5.01. The summed E-state index contributed by atoms with van der Waals surface area (Å²) in [6, 6.07) is 4.19. The van der Waals surface area contributed by atoms with Crippen LogP contribution in [0, 0.1) is 0 Å². The lowest BCUT2D eigenvalue weighted by atomic mass is 10.1. The topological polar surface area (TPSA) is 78.9 Å². The first kappa shape index (κ1) is 21.5. The fourth-order valence-corrected chi connectivity index (χ4v) is 4.41. The van der Waals surface area contributed by atoms with E-state index >= 15 is 0 Å². The third-order valence-corrected chi connectivity index (χ3v) is 6.48. The number of hydrogen-bond acceptors (Lipinski definition) is 9. The van der Waals surface area contributed by atoms with Crippen LogP contribution >= 0.6 is 0 Å². The fraction of sp³-hybridized carbons (Fsp3) is 0.609. The number of aromatic nitrogens is 3. The predicted octanol–water partition coefficient (Wildman–Crippen LogP) is 1.11. The number of anilines is 2. The van der Waals surface area contributed by atoms with Crippen LogP contribution in [-0.4, -0.2) is 104 Å². The van der Waals surface area contributed by atoms with Crippen molar-refractivity contribution in [1.29, 1.82) is 0 Å². The number of piperazine rings is 1. The Labute approximate surface area is 189 Å². The average Bonchev–Trinajstić information content (AvgIpc) is 2.85. The van der Waals surface area contributed by atoms with Gasteiger partial charge in [0.15, 0.2) is 5.82 Å². The van der Waals surface area contributed by atoms with Crippen molar-refractivity contribution in [3.63, 3.8) is 0 Å². The number of rotatable bonds is 6. The van der Waals surface area contributed by atoms with Crippen LogP contribution in [-0.2, 0) is 22.5 Å². The lowest BCUT2D eigenvalue weighted by Gasteiger charge is -2.33. The van der Waals surface area contributed by atoms with E-state index in [-0.39, 0.29) is 0 Å². The van der Waals surface area contributed by atoms with Crippen LogP contribution < -0.4 is 10.2 Å². The van der Waals surface area contributed by atoms with E-state index in [0.29, 0.717) is 13.2 Å². The van der Waals surface area contributed by atoms with Crippen LogP contribution in [0.15, 0.2) is 18.3 Å². The maximum atomic E-state index is 5.70. The molecule has 0 atom stereocenters. The first-order valence-corrected chi connectivity index (χ1v) is 11.7. The second kappa shape index (κ2) is 10.1. The lowest BCUT2D eigenvalue weighted by Crippen LogP contribution is -2.44. The van der Waals surface area contributed by atoms with Crippen LogP contribution in [0.5, 0.6) is 0 Å². The predicted molar refractivity (Wildman–Crippen MR) is 124 cm³/mol. The van der Waals surface area contributed by atoms with Gasteiger partial charge in [0.1, 0.15) is 11.6 Å². The third-order valence-electron chi connectivity index (χ3n) is 6.48. The number of pyridine rings is 1. The Bertz CT molecular complexity index is 894. The second-order valence-corrected chi connectivity index (χ2v) is 8.70. The van der Waals surface area contributed by atoms with E-state index in [2.05, 4.69) is 39.2 Å². The van der Waals surface area contributed by atoms with Gasteiger partial charge in [-0.25, -0.2) is 15.0 Å². The molecule has 9 nitrogen and oxygen atoms in total. The first-order valence-electron chi connectivity index (χ1n) is 11.7. The summed E-state index contributed by atoms with van der Waals surface area (Å²) in [5, 5.41) is 3.55. The number of fused-ring (bicyclic) bond motifs is 1. The normalized spacial score (nSPS) is 20.2. The molecule has 3 aliphatic rings. The average molecular weight is 440 g/mol. The summed E-state index contributed by atoms with van der Waals surface area (Å²) in [5.74, 6) is 2.65. The molecule has 2 saturated heterocycles. The highest BCUT2D eigenvalue weighted by atomic mass is 16.5. The summed E-state index contributed by atoms with van der Waals surface area (Å²) in [4.78, 5) is 21.6. The SMILES string of the molecule is CN1CCN(c2ccc(-c3nc4c(c(NCCN5CCOCC5)n3)COCC4)cn2)CC1. The molecule has 32 heavy (non-hydrogen) atoms. The first-order chi connectivity index (χ1) is 15.8. The second-order valence-electron chi connectivity index (χ2n) is 8.70. The molecule has 0 aliphatic carbocycles. The van der Waals surface area contributed by atoms with Gasteiger partial charge >= 0.3 is 0 Å². The van der Waals surface area contributed by atoms with Crippen LogP contribution in [0.25, 0.3) is 11.4 Å². The van der Waals surface area contributed by atoms with Crippen molar-refractivity contribution in [2.45, 2.75) is 13.0 Å². The van der Waals surface area contributed by atoms with E-state index < -0.39 is 0 Å². The quantitative estimate of drug-likeness (QED) is 0.712. The molecule has 0 radical (unpaired) electrons. The molecule has 172 valence electrons. The summed E-state index contributed by atoms with van der Waals surface area (Å²) in [6.07, 6.45) is 2.72. The summed E-state index contributed by atoms with van der Waals surface area (Å²) in [6.45, 7) is 10.8. The molecule has 2 fully saturated rings. The van der Waals surface area contributed by atoms with Crippen LogP contribution in [0.4, 0.5) is 11.6 Å². The number of nitrogens with one attached hydrogen (secondary N) is 1. The van der Waals surface area contributed by atoms with E-state index in [0.717, 1.165) is 106 Å². The molecule has 3 aliphatic heterocycles. The molecular formula is C23H33N7O2. The van der Waals surface area contributed by atoms with Crippen LogP contribution in [0.1, 0.15) is 11.3 Å². The highest BCUT2D eigenvalue weighted by molar-refractivity contribution is 5.61. The van der Waals surface area contributed by atoms with Gasteiger partial charge in [0.2, 0.25) is 0 Å². The Balaban J connectivity index is 1.31. The van der Waals surface area contributed by atoms with Crippen molar-refractivity contribution in [1.82, 2.24) is 24.8 Å². The van der Waals surface area contributed by atoms with Crippen LogP contribution in [0.2, 0.25) is 0 Å². The molecule has 0 saturated carbocycles. The molecule has 9 heteroatoms. The highest BCUT2D eigenvalue weighted by Gasteiger charge is 2.20. The van der Waals surface area contributed by atoms with Gasteiger partial charge in [-0.05, 0) is 19.2 Å². The van der Waals surface area contributed by atoms with E-state index in [1.54, 1.807) is 0 Å². The van der Waals surface area contributed by atoms with Gasteiger partial charge in [0.05, 0.1) is 32.1 Å². The minimum absolute atomic E-state index is 0.566. The molecule has 0 aromatic carbocycles. The fourth-order valence-electron chi connectivity index (χ4n) is 4.41. The molecule has 2 aromatic heterocycles. The molecule has 0 unspecified atom stereocenters. The van der Waals surface area contributed by atoms with Gasteiger partial charge < -0.3 is 24.6 Å². The van der Waals surface area contributed by atoms with Crippen LogP contribution in [0.3, 0.4) is 0 Å². The maximum Gasteiger partial charge on any atom is 0.163 e. The molecule has 2 aromatic rings. The van der Waals surface area contributed by atoms with Crippen molar-refractivity contribution < 1.29 is 9.47 Å². The molecule has 5 heterocycles. The highest BCUT2D eigenvalue weighted by Crippen LogP contribution is 2.27. The molecular weight excluding hydrogens is 406 g/mol. The minimum atomic E-state index is 0.566. The number of likely N-dealkylation sites (N-methyl/N-ethyl adjacent to an activating group) is 1. The Morgan fingerprint density at radius 2 is 1.81 bits per heavy atom. The van der Waals surface area contributed by atoms with Gasteiger partial charge in [0.25, 0.3) is 0 Å². The molecule has 0 amide bonds. The van der Waals surface area contributed by atoms with E-state index in [1.165, 1.54) is 0 Å². The summed E-state index contributed by atoms with van der Waals surface area (Å²) in [7, 11) is 2.17. The zero-order valence-electron chi connectivity index (χ0n) is 18.9. The smallest absolute Gasteiger partial charge is 0.163 e. The summed E-state index contributed by atoms with van der Waals surface area (Å²) in [5.41, 5.74) is 3.12. The van der Waals surface area contributed by atoms with Gasteiger partial charge in [-0.3, -0.25) is 4.90 Å². The van der Waals surface area contributed by atoms with E-state index in [9.17, 15) is 0 Å². The lowest BCUT2D eigenvalue weighted by molar-refractivity contribution is 0.0398. The number of ether oxygens (including phenoxy) is 2. The monoisotopic (exact) mass is 439 g/mol. The Kier molecular flexibility index (Phi) is 6.77. The number of morpholine rings is 1. The zero-order chi connectivity index (χ0) is 21.8. The molecule has 1 N–H and O–H groups in total. The Morgan fingerprint density at radius 3 is 2.59 bits per heavy atom.